The molecule has 1 aliphatic rings. The number of hydrogen-bond donors (Lipinski definition) is 2. The molecule has 0 aromatic heterocycles. The Hall–Kier alpha value is -0.570. The molecule has 1 saturated carbocycles. The SMILES string of the molecule is CCC(C)NCC(=O)N[C@@H](C)C1CCCCC1. The Kier molecular flexibility index (Phi) is 6.56. The first-order valence-electron chi connectivity index (χ1n) is 7.16. The second kappa shape index (κ2) is 7.70. The van der Waals surface area contributed by atoms with Crippen LogP contribution in [0.3, 0.4) is 0 Å². The number of carbonyl (C=O) groups is 1. The van der Waals surface area contributed by atoms with Crippen molar-refractivity contribution in [1.82, 2.24) is 10.6 Å². The predicted molar refractivity (Wildman–Crippen MR) is 71.9 cm³/mol. The fourth-order valence-corrected chi connectivity index (χ4v) is 2.47. The Morgan fingerprint density at radius 2 is 1.88 bits per heavy atom. The van der Waals surface area contributed by atoms with Gasteiger partial charge < -0.3 is 10.6 Å². The van der Waals surface area contributed by atoms with E-state index in [1.807, 2.05) is 0 Å². The van der Waals surface area contributed by atoms with E-state index in [0.717, 1.165) is 6.42 Å². The number of nitrogens with one attached hydrogen (secondary N) is 2. The lowest BCUT2D eigenvalue weighted by Crippen LogP contribution is -2.44. The summed E-state index contributed by atoms with van der Waals surface area (Å²) in [5.41, 5.74) is 0. The van der Waals surface area contributed by atoms with Gasteiger partial charge in [0.05, 0.1) is 6.54 Å². The van der Waals surface area contributed by atoms with Crippen molar-refractivity contribution in [3.63, 3.8) is 0 Å². The Labute approximate surface area is 106 Å². The molecule has 3 nitrogen and oxygen atoms in total. The summed E-state index contributed by atoms with van der Waals surface area (Å²) >= 11 is 0. The lowest BCUT2D eigenvalue weighted by molar-refractivity contribution is -0.121. The smallest absolute Gasteiger partial charge is 0.234 e. The molecular formula is C14H28N2O. The molecule has 0 saturated heterocycles. The van der Waals surface area contributed by atoms with Crippen LogP contribution in [0.15, 0.2) is 0 Å². The summed E-state index contributed by atoms with van der Waals surface area (Å²) in [7, 11) is 0. The number of rotatable bonds is 6. The van der Waals surface area contributed by atoms with E-state index in [4.69, 9.17) is 0 Å². The van der Waals surface area contributed by atoms with Crippen LogP contribution in [0.5, 0.6) is 0 Å². The second-order valence-corrected chi connectivity index (χ2v) is 5.44. The molecular weight excluding hydrogens is 212 g/mol. The highest BCUT2D eigenvalue weighted by molar-refractivity contribution is 5.78. The minimum Gasteiger partial charge on any atom is -0.352 e. The van der Waals surface area contributed by atoms with Crippen molar-refractivity contribution < 1.29 is 4.79 Å². The van der Waals surface area contributed by atoms with Crippen LogP contribution < -0.4 is 10.6 Å². The molecule has 1 unspecified atom stereocenters. The maximum absolute atomic E-state index is 11.7. The third kappa shape index (κ3) is 5.53. The van der Waals surface area contributed by atoms with Crippen molar-refractivity contribution in [2.24, 2.45) is 5.92 Å². The fraction of sp³-hybridized carbons (Fsp3) is 0.929. The number of hydrogen-bond acceptors (Lipinski definition) is 2. The van der Waals surface area contributed by atoms with Gasteiger partial charge in [0, 0.05) is 12.1 Å². The molecule has 0 bridgehead atoms. The van der Waals surface area contributed by atoms with E-state index in [9.17, 15) is 4.79 Å². The van der Waals surface area contributed by atoms with Crippen LogP contribution >= 0.6 is 0 Å². The summed E-state index contributed by atoms with van der Waals surface area (Å²) in [6.07, 6.45) is 7.64. The van der Waals surface area contributed by atoms with Gasteiger partial charge in [0.1, 0.15) is 0 Å². The first-order valence-corrected chi connectivity index (χ1v) is 7.16. The number of carbonyl (C=O) groups excluding carboxylic acids is 1. The molecule has 17 heavy (non-hydrogen) atoms. The van der Waals surface area contributed by atoms with Crippen molar-refractivity contribution >= 4 is 5.91 Å². The van der Waals surface area contributed by atoms with E-state index >= 15 is 0 Å². The zero-order chi connectivity index (χ0) is 12.7. The molecule has 0 spiro atoms. The third-order valence-electron chi connectivity index (χ3n) is 3.97. The zero-order valence-electron chi connectivity index (χ0n) is 11.6. The molecule has 3 heteroatoms. The normalized spacial score (nSPS) is 20.9. The standard InChI is InChI=1S/C14H28N2O/c1-4-11(2)15-10-14(17)16-12(3)13-8-6-5-7-9-13/h11-13,15H,4-10H2,1-3H3,(H,16,17)/t11?,12-/m0/s1. The average molecular weight is 240 g/mol. The van der Waals surface area contributed by atoms with Crippen LogP contribution in [0.1, 0.15) is 59.3 Å². The zero-order valence-corrected chi connectivity index (χ0v) is 11.6. The molecule has 100 valence electrons. The topological polar surface area (TPSA) is 41.1 Å². The summed E-state index contributed by atoms with van der Waals surface area (Å²) in [5.74, 6) is 0.833. The van der Waals surface area contributed by atoms with Crippen molar-refractivity contribution in [1.29, 1.82) is 0 Å². The predicted octanol–water partition coefficient (Wildman–Crippen LogP) is 2.46. The Bertz CT molecular complexity index is 224. The average Bonchev–Trinajstić information content (AvgIpc) is 2.36. The van der Waals surface area contributed by atoms with Gasteiger partial charge in [-0.25, -0.2) is 0 Å². The van der Waals surface area contributed by atoms with Gasteiger partial charge in [0.25, 0.3) is 0 Å². The summed E-state index contributed by atoms with van der Waals surface area (Å²) < 4.78 is 0. The number of amides is 1. The quantitative estimate of drug-likeness (QED) is 0.749. The highest BCUT2D eigenvalue weighted by atomic mass is 16.1. The van der Waals surface area contributed by atoms with Crippen LogP contribution in [0.2, 0.25) is 0 Å². The van der Waals surface area contributed by atoms with Crippen molar-refractivity contribution in [2.45, 2.75) is 71.4 Å². The minimum atomic E-state index is 0.142. The van der Waals surface area contributed by atoms with Gasteiger partial charge in [-0.15, -0.1) is 0 Å². The molecule has 1 fully saturated rings. The van der Waals surface area contributed by atoms with Gasteiger partial charge in [-0.3, -0.25) is 4.79 Å². The monoisotopic (exact) mass is 240 g/mol. The lowest BCUT2D eigenvalue weighted by atomic mass is 9.84. The van der Waals surface area contributed by atoms with E-state index in [-0.39, 0.29) is 5.91 Å². The lowest BCUT2D eigenvalue weighted by Gasteiger charge is -2.28. The molecule has 1 amide bonds. The summed E-state index contributed by atoms with van der Waals surface area (Å²) in [5, 5.41) is 6.36. The van der Waals surface area contributed by atoms with Crippen molar-refractivity contribution in [3.05, 3.63) is 0 Å². The highest BCUT2D eigenvalue weighted by Crippen LogP contribution is 2.26. The maximum Gasteiger partial charge on any atom is 0.234 e. The third-order valence-corrected chi connectivity index (χ3v) is 3.97. The van der Waals surface area contributed by atoms with Crippen LogP contribution in [-0.4, -0.2) is 24.5 Å². The van der Waals surface area contributed by atoms with E-state index in [1.165, 1.54) is 32.1 Å². The molecule has 2 N–H and O–H groups in total. The summed E-state index contributed by atoms with van der Waals surface area (Å²) in [6, 6.07) is 0.757. The van der Waals surface area contributed by atoms with Crippen LogP contribution in [0, 0.1) is 5.92 Å². The second-order valence-electron chi connectivity index (χ2n) is 5.44. The van der Waals surface area contributed by atoms with Crippen LogP contribution in [0.4, 0.5) is 0 Å². The molecule has 1 rings (SSSR count). The van der Waals surface area contributed by atoms with Crippen LogP contribution in [0.25, 0.3) is 0 Å². The van der Waals surface area contributed by atoms with Crippen molar-refractivity contribution in [3.8, 4) is 0 Å². The highest BCUT2D eigenvalue weighted by Gasteiger charge is 2.21. The van der Waals surface area contributed by atoms with Gasteiger partial charge in [-0.2, -0.15) is 0 Å². The first kappa shape index (κ1) is 14.5. The van der Waals surface area contributed by atoms with Gasteiger partial charge in [-0.1, -0.05) is 26.2 Å². The fourth-order valence-electron chi connectivity index (χ4n) is 2.47. The first-order chi connectivity index (χ1) is 8.13. The molecule has 2 atom stereocenters. The Balaban J connectivity index is 2.20. The molecule has 0 radical (unpaired) electrons. The van der Waals surface area contributed by atoms with E-state index in [2.05, 4.69) is 31.4 Å². The summed E-state index contributed by atoms with van der Waals surface area (Å²) in [4.78, 5) is 11.7. The van der Waals surface area contributed by atoms with E-state index in [1.54, 1.807) is 0 Å². The van der Waals surface area contributed by atoms with E-state index in [0.29, 0.717) is 24.5 Å². The largest absolute Gasteiger partial charge is 0.352 e. The van der Waals surface area contributed by atoms with Gasteiger partial charge in [0.15, 0.2) is 0 Å². The van der Waals surface area contributed by atoms with Gasteiger partial charge >= 0.3 is 0 Å². The van der Waals surface area contributed by atoms with Crippen LogP contribution in [-0.2, 0) is 4.79 Å². The maximum atomic E-state index is 11.7. The minimum absolute atomic E-state index is 0.142. The Morgan fingerprint density at radius 3 is 2.47 bits per heavy atom. The van der Waals surface area contributed by atoms with Gasteiger partial charge in [-0.05, 0) is 39.0 Å². The van der Waals surface area contributed by atoms with E-state index < -0.39 is 0 Å². The molecule has 0 aliphatic heterocycles. The van der Waals surface area contributed by atoms with Gasteiger partial charge in [0.2, 0.25) is 5.91 Å². The van der Waals surface area contributed by atoms with Crippen molar-refractivity contribution in [2.75, 3.05) is 6.54 Å². The Morgan fingerprint density at radius 1 is 1.24 bits per heavy atom. The summed E-state index contributed by atoms with van der Waals surface area (Å²) in [6.45, 7) is 6.83. The molecule has 0 aromatic rings. The molecule has 0 heterocycles. The molecule has 1 aliphatic carbocycles. The molecule has 0 aromatic carbocycles.